The van der Waals surface area contributed by atoms with Gasteiger partial charge in [0.25, 0.3) is 0 Å². The van der Waals surface area contributed by atoms with Crippen LogP contribution in [0.2, 0.25) is 0 Å². The number of amides is 3. The average molecular weight is 299 g/mol. The number of unbranched alkanes of at least 4 members (excludes halogenated alkanes) is 1. The number of hydrogen-bond acceptors (Lipinski definition) is 4. The molecule has 3 N–H and O–H groups in total. The molecule has 1 aliphatic carbocycles. The molecule has 0 aromatic rings. The topological polar surface area (TPSA) is 84.7 Å². The van der Waals surface area contributed by atoms with E-state index >= 15 is 0 Å². The van der Waals surface area contributed by atoms with Gasteiger partial charge in [-0.15, -0.1) is 0 Å². The fourth-order valence-electron chi connectivity index (χ4n) is 2.90. The number of nitrogens with zero attached hydrogens (tertiary/aromatic N) is 1. The first-order valence-corrected chi connectivity index (χ1v) is 7.70. The van der Waals surface area contributed by atoms with Crippen LogP contribution in [0.3, 0.4) is 0 Å². The lowest BCUT2D eigenvalue weighted by molar-refractivity contribution is -0.149. The zero-order chi connectivity index (χ0) is 16.0. The number of carbonyl (C=O) groups excluding carboxylic acids is 2. The lowest BCUT2D eigenvalue weighted by Crippen LogP contribution is -2.61. The Morgan fingerprint density at radius 1 is 1.43 bits per heavy atom. The first kappa shape index (κ1) is 17.9. The van der Waals surface area contributed by atoms with E-state index in [4.69, 9.17) is 10.5 Å². The largest absolute Gasteiger partial charge is 0.378 e. The maximum Gasteiger partial charge on any atom is 0.318 e. The number of rotatable bonds is 8. The fraction of sp³-hybridized carbons (Fsp3) is 0.867. The molecule has 0 aromatic heterocycles. The molecule has 0 saturated heterocycles. The zero-order valence-corrected chi connectivity index (χ0v) is 13.6. The highest BCUT2D eigenvalue weighted by molar-refractivity contribution is 5.93. The molecule has 1 rings (SSSR count). The molecule has 1 saturated carbocycles. The summed E-state index contributed by atoms with van der Waals surface area (Å²) in [5.41, 5.74) is 5.00. The average Bonchev–Trinajstić information content (AvgIpc) is 2.38. The van der Waals surface area contributed by atoms with Crippen LogP contribution in [0.1, 0.15) is 46.5 Å². The van der Waals surface area contributed by atoms with E-state index in [1.165, 1.54) is 0 Å². The van der Waals surface area contributed by atoms with Gasteiger partial charge in [-0.05, 0) is 19.9 Å². The molecule has 1 fully saturated rings. The molecule has 6 heteroatoms. The molecule has 0 aliphatic heterocycles. The Balaban J connectivity index is 2.34. The van der Waals surface area contributed by atoms with Gasteiger partial charge >= 0.3 is 6.03 Å². The Labute approximate surface area is 127 Å². The van der Waals surface area contributed by atoms with Gasteiger partial charge in [0, 0.05) is 31.0 Å². The van der Waals surface area contributed by atoms with Crippen LogP contribution in [0.25, 0.3) is 0 Å². The highest BCUT2D eigenvalue weighted by Crippen LogP contribution is 2.45. The van der Waals surface area contributed by atoms with E-state index in [1.807, 2.05) is 7.05 Å². The second-order valence-corrected chi connectivity index (χ2v) is 6.43. The molecule has 6 nitrogen and oxygen atoms in total. The van der Waals surface area contributed by atoms with Gasteiger partial charge < -0.3 is 15.4 Å². The van der Waals surface area contributed by atoms with E-state index < -0.39 is 6.03 Å². The van der Waals surface area contributed by atoms with Gasteiger partial charge in [0.2, 0.25) is 5.91 Å². The minimum absolute atomic E-state index is 0.0860. The van der Waals surface area contributed by atoms with E-state index in [9.17, 15) is 9.59 Å². The highest BCUT2D eigenvalue weighted by atomic mass is 16.5. The molecule has 3 amide bonds. The summed E-state index contributed by atoms with van der Waals surface area (Å²) < 4.78 is 5.93. The molecule has 0 spiro atoms. The second kappa shape index (κ2) is 7.75. The number of imide groups is 1. The Kier molecular flexibility index (Phi) is 6.61. The first-order valence-electron chi connectivity index (χ1n) is 7.70. The van der Waals surface area contributed by atoms with Gasteiger partial charge in [-0.25, -0.2) is 4.79 Å². The second-order valence-electron chi connectivity index (χ2n) is 6.43. The van der Waals surface area contributed by atoms with Crippen LogP contribution in [-0.2, 0) is 9.53 Å². The summed E-state index contributed by atoms with van der Waals surface area (Å²) >= 11 is 0. The third-order valence-corrected chi connectivity index (χ3v) is 4.43. The lowest BCUT2D eigenvalue weighted by atomic mass is 9.64. The van der Waals surface area contributed by atoms with Crippen molar-refractivity contribution < 1.29 is 14.3 Å². The summed E-state index contributed by atoms with van der Waals surface area (Å²) in [6.07, 6.45) is 3.79. The van der Waals surface area contributed by atoms with Crippen molar-refractivity contribution in [3.8, 4) is 0 Å². The Bertz CT molecular complexity index is 371. The Morgan fingerprint density at radius 3 is 2.62 bits per heavy atom. The third kappa shape index (κ3) is 4.97. The fourth-order valence-corrected chi connectivity index (χ4v) is 2.90. The maximum atomic E-state index is 11.4. The minimum Gasteiger partial charge on any atom is -0.378 e. The number of hydrogen-bond donors (Lipinski definition) is 2. The SMILES string of the molecule is CCCCO[C@@H]1C[C@@H](N(C)CCC(=O)NC(N)=O)C1(C)C. The minimum atomic E-state index is -0.795. The summed E-state index contributed by atoms with van der Waals surface area (Å²) in [5.74, 6) is -0.331. The van der Waals surface area contributed by atoms with Crippen LogP contribution >= 0.6 is 0 Å². The van der Waals surface area contributed by atoms with Crippen LogP contribution in [-0.4, -0.2) is 49.2 Å². The van der Waals surface area contributed by atoms with Crippen molar-refractivity contribution in [3.05, 3.63) is 0 Å². The summed E-state index contributed by atoms with van der Waals surface area (Å²) in [4.78, 5) is 24.2. The molecule has 0 radical (unpaired) electrons. The van der Waals surface area contributed by atoms with Crippen LogP contribution in [0.15, 0.2) is 0 Å². The van der Waals surface area contributed by atoms with Gasteiger partial charge in [0.15, 0.2) is 0 Å². The van der Waals surface area contributed by atoms with Crippen molar-refractivity contribution >= 4 is 11.9 Å². The molecule has 0 unspecified atom stereocenters. The molecule has 122 valence electrons. The molecular weight excluding hydrogens is 270 g/mol. The molecule has 21 heavy (non-hydrogen) atoms. The quantitative estimate of drug-likeness (QED) is 0.665. The predicted molar refractivity (Wildman–Crippen MR) is 81.8 cm³/mol. The third-order valence-electron chi connectivity index (χ3n) is 4.43. The normalized spacial score (nSPS) is 23.7. The molecule has 0 bridgehead atoms. The number of nitrogens with one attached hydrogen (secondary N) is 1. The van der Waals surface area contributed by atoms with Gasteiger partial charge in [-0.1, -0.05) is 27.2 Å². The number of ether oxygens (including phenoxy) is 1. The highest BCUT2D eigenvalue weighted by Gasteiger charge is 2.50. The van der Waals surface area contributed by atoms with Crippen molar-refractivity contribution in [2.75, 3.05) is 20.2 Å². The van der Waals surface area contributed by atoms with Crippen molar-refractivity contribution in [2.24, 2.45) is 11.1 Å². The number of carbonyl (C=O) groups is 2. The zero-order valence-electron chi connectivity index (χ0n) is 13.6. The van der Waals surface area contributed by atoms with Gasteiger partial charge in [-0.2, -0.15) is 0 Å². The van der Waals surface area contributed by atoms with E-state index in [2.05, 4.69) is 31.0 Å². The van der Waals surface area contributed by atoms with E-state index in [1.54, 1.807) is 0 Å². The van der Waals surface area contributed by atoms with Crippen LogP contribution in [0.4, 0.5) is 4.79 Å². The lowest BCUT2D eigenvalue weighted by Gasteiger charge is -2.55. The maximum absolute atomic E-state index is 11.4. The molecule has 1 aliphatic rings. The summed E-state index contributed by atoms with van der Waals surface area (Å²) in [7, 11) is 2.01. The van der Waals surface area contributed by atoms with Crippen LogP contribution < -0.4 is 11.1 Å². The molecule has 2 atom stereocenters. The van der Waals surface area contributed by atoms with E-state index in [-0.39, 0.29) is 23.8 Å². The van der Waals surface area contributed by atoms with E-state index in [0.29, 0.717) is 12.6 Å². The first-order chi connectivity index (χ1) is 9.78. The van der Waals surface area contributed by atoms with Crippen LogP contribution in [0, 0.1) is 5.41 Å². The van der Waals surface area contributed by atoms with Gasteiger partial charge in [0.1, 0.15) is 0 Å². The number of urea groups is 1. The standard InChI is InChI=1S/C15H29N3O3/c1-5-6-9-21-12-10-11(15(12,2)3)18(4)8-7-13(19)17-14(16)20/h11-12H,5-10H2,1-4H3,(H3,16,17,19,20)/t11-,12-/m1/s1. The number of primary amides is 1. The van der Waals surface area contributed by atoms with Crippen molar-refractivity contribution in [1.82, 2.24) is 10.2 Å². The molecule has 0 heterocycles. The Morgan fingerprint density at radius 2 is 2.10 bits per heavy atom. The Hall–Kier alpha value is -1.14. The number of nitrogens with two attached hydrogens (primary N) is 1. The smallest absolute Gasteiger partial charge is 0.318 e. The molecule has 0 aromatic carbocycles. The van der Waals surface area contributed by atoms with Gasteiger partial charge in [-0.3, -0.25) is 10.1 Å². The summed E-state index contributed by atoms with van der Waals surface area (Å²) in [6, 6.07) is -0.401. The predicted octanol–water partition coefficient (Wildman–Crippen LogP) is 1.49. The van der Waals surface area contributed by atoms with Crippen molar-refractivity contribution in [1.29, 1.82) is 0 Å². The van der Waals surface area contributed by atoms with Crippen molar-refractivity contribution in [3.63, 3.8) is 0 Å². The van der Waals surface area contributed by atoms with Gasteiger partial charge in [0.05, 0.1) is 6.10 Å². The van der Waals surface area contributed by atoms with Crippen molar-refractivity contribution in [2.45, 2.75) is 58.6 Å². The summed E-state index contributed by atoms with van der Waals surface area (Å²) in [5, 5.41) is 2.09. The van der Waals surface area contributed by atoms with E-state index in [0.717, 1.165) is 25.9 Å². The molecular formula is C15H29N3O3. The monoisotopic (exact) mass is 299 g/mol. The summed E-state index contributed by atoms with van der Waals surface area (Å²) in [6.45, 7) is 8.00. The van der Waals surface area contributed by atoms with Crippen LogP contribution in [0.5, 0.6) is 0 Å².